The van der Waals surface area contributed by atoms with Crippen molar-refractivity contribution >= 4 is 15.9 Å². The number of allylic oxidation sites excluding steroid dienone is 1. The van der Waals surface area contributed by atoms with Crippen LogP contribution in [-0.4, -0.2) is 6.54 Å². The molecule has 0 saturated heterocycles. The number of hydrogen-bond donors (Lipinski definition) is 1. The molecule has 2 heteroatoms. The number of hydrogen-bond acceptors (Lipinski definition) is 1. The van der Waals surface area contributed by atoms with E-state index in [4.69, 9.17) is 0 Å². The lowest BCUT2D eigenvalue weighted by Crippen LogP contribution is -2.19. The van der Waals surface area contributed by atoms with Crippen molar-refractivity contribution in [2.45, 2.75) is 33.7 Å². The van der Waals surface area contributed by atoms with Crippen molar-refractivity contribution in [2.75, 3.05) is 6.54 Å². The van der Waals surface area contributed by atoms with Crippen molar-refractivity contribution in [3.63, 3.8) is 0 Å². The maximum absolute atomic E-state index is 3.64. The van der Waals surface area contributed by atoms with Gasteiger partial charge in [0, 0.05) is 4.47 Å². The molecule has 0 aromatic heterocycles. The molecule has 0 saturated carbocycles. The zero-order valence-corrected chi connectivity index (χ0v) is 12.1. The Bertz CT molecular complexity index is 378. The SMILES string of the molecule is CCNC(C=C(C)C)c1ccc(C)cc1Br. The lowest BCUT2D eigenvalue weighted by molar-refractivity contribution is 0.642. The molecule has 0 heterocycles. The van der Waals surface area contributed by atoms with E-state index in [0.717, 1.165) is 6.54 Å². The van der Waals surface area contributed by atoms with Gasteiger partial charge in [0.05, 0.1) is 6.04 Å². The first-order valence-electron chi connectivity index (χ1n) is 5.69. The van der Waals surface area contributed by atoms with Crippen LogP contribution >= 0.6 is 15.9 Å². The third kappa shape index (κ3) is 3.76. The third-order valence-electron chi connectivity index (χ3n) is 2.42. The number of rotatable bonds is 4. The first-order chi connectivity index (χ1) is 7.54. The topological polar surface area (TPSA) is 12.0 Å². The highest BCUT2D eigenvalue weighted by molar-refractivity contribution is 9.10. The van der Waals surface area contributed by atoms with Gasteiger partial charge in [-0.3, -0.25) is 0 Å². The van der Waals surface area contributed by atoms with Crippen LogP contribution in [0, 0.1) is 6.92 Å². The average Bonchev–Trinajstić information content (AvgIpc) is 2.16. The lowest BCUT2D eigenvalue weighted by Gasteiger charge is -2.17. The molecule has 16 heavy (non-hydrogen) atoms. The van der Waals surface area contributed by atoms with Crippen molar-refractivity contribution in [1.82, 2.24) is 5.32 Å². The van der Waals surface area contributed by atoms with Crippen LogP contribution in [0.15, 0.2) is 34.3 Å². The molecule has 1 atom stereocenters. The molecule has 1 unspecified atom stereocenters. The Morgan fingerprint density at radius 2 is 2.12 bits per heavy atom. The molecule has 1 aromatic rings. The van der Waals surface area contributed by atoms with Gasteiger partial charge in [0.2, 0.25) is 0 Å². The van der Waals surface area contributed by atoms with E-state index in [1.807, 2.05) is 0 Å². The maximum Gasteiger partial charge on any atom is 0.0519 e. The molecule has 88 valence electrons. The molecule has 0 aliphatic rings. The van der Waals surface area contributed by atoms with E-state index in [1.54, 1.807) is 0 Å². The summed E-state index contributed by atoms with van der Waals surface area (Å²) in [7, 11) is 0. The average molecular weight is 282 g/mol. The van der Waals surface area contributed by atoms with E-state index >= 15 is 0 Å². The van der Waals surface area contributed by atoms with Gasteiger partial charge in [0.15, 0.2) is 0 Å². The second kappa shape index (κ2) is 6.21. The first kappa shape index (κ1) is 13.5. The smallest absolute Gasteiger partial charge is 0.0519 e. The quantitative estimate of drug-likeness (QED) is 0.808. The molecule has 0 bridgehead atoms. The monoisotopic (exact) mass is 281 g/mol. The Morgan fingerprint density at radius 1 is 1.44 bits per heavy atom. The summed E-state index contributed by atoms with van der Waals surface area (Å²) >= 11 is 3.64. The van der Waals surface area contributed by atoms with Crippen LogP contribution in [0.1, 0.15) is 37.9 Å². The number of aryl methyl sites for hydroxylation is 1. The number of halogens is 1. The Morgan fingerprint density at radius 3 is 2.62 bits per heavy atom. The van der Waals surface area contributed by atoms with Gasteiger partial charge < -0.3 is 5.32 Å². The molecular formula is C14H20BrN. The summed E-state index contributed by atoms with van der Waals surface area (Å²) in [6.45, 7) is 9.47. The van der Waals surface area contributed by atoms with Crippen LogP contribution in [0.3, 0.4) is 0 Å². The van der Waals surface area contributed by atoms with Crippen molar-refractivity contribution in [2.24, 2.45) is 0 Å². The Hall–Kier alpha value is -0.600. The van der Waals surface area contributed by atoms with Gasteiger partial charge in [-0.1, -0.05) is 46.6 Å². The van der Waals surface area contributed by atoms with Crippen LogP contribution in [0.5, 0.6) is 0 Å². The molecule has 1 aromatic carbocycles. The molecule has 1 rings (SSSR count). The minimum absolute atomic E-state index is 0.296. The van der Waals surface area contributed by atoms with Crippen molar-refractivity contribution in [1.29, 1.82) is 0 Å². The van der Waals surface area contributed by atoms with Gasteiger partial charge in [-0.05, 0) is 44.5 Å². The summed E-state index contributed by atoms with van der Waals surface area (Å²) in [5, 5.41) is 3.48. The van der Waals surface area contributed by atoms with E-state index in [-0.39, 0.29) is 0 Å². The molecule has 0 amide bonds. The summed E-state index contributed by atoms with van der Waals surface area (Å²) in [5.41, 5.74) is 3.91. The van der Waals surface area contributed by atoms with E-state index in [2.05, 4.69) is 73.2 Å². The maximum atomic E-state index is 3.64. The van der Waals surface area contributed by atoms with Crippen molar-refractivity contribution in [3.05, 3.63) is 45.4 Å². The van der Waals surface area contributed by atoms with Gasteiger partial charge in [-0.2, -0.15) is 0 Å². The predicted octanol–water partition coefficient (Wildman–Crippen LogP) is 4.37. The van der Waals surface area contributed by atoms with E-state index in [1.165, 1.54) is 21.2 Å². The standard InChI is InChI=1S/C14H20BrN/c1-5-16-14(8-10(2)3)12-7-6-11(4)9-13(12)15/h6-9,14,16H,5H2,1-4H3. The normalized spacial score (nSPS) is 12.3. The highest BCUT2D eigenvalue weighted by atomic mass is 79.9. The zero-order chi connectivity index (χ0) is 12.1. The minimum Gasteiger partial charge on any atom is -0.307 e. The Kier molecular flexibility index (Phi) is 5.23. The van der Waals surface area contributed by atoms with Crippen LogP contribution < -0.4 is 5.32 Å². The van der Waals surface area contributed by atoms with Gasteiger partial charge in [0.1, 0.15) is 0 Å². The van der Waals surface area contributed by atoms with E-state index < -0.39 is 0 Å². The van der Waals surface area contributed by atoms with Gasteiger partial charge >= 0.3 is 0 Å². The molecule has 0 fully saturated rings. The van der Waals surface area contributed by atoms with Gasteiger partial charge in [-0.25, -0.2) is 0 Å². The fraction of sp³-hybridized carbons (Fsp3) is 0.429. The van der Waals surface area contributed by atoms with Crippen LogP contribution in [-0.2, 0) is 0 Å². The van der Waals surface area contributed by atoms with Crippen molar-refractivity contribution in [3.8, 4) is 0 Å². The van der Waals surface area contributed by atoms with Crippen molar-refractivity contribution < 1.29 is 0 Å². The third-order valence-corrected chi connectivity index (χ3v) is 3.10. The highest BCUT2D eigenvalue weighted by Crippen LogP contribution is 2.26. The van der Waals surface area contributed by atoms with Crippen LogP contribution in [0.25, 0.3) is 0 Å². The molecule has 0 radical (unpaired) electrons. The van der Waals surface area contributed by atoms with E-state index in [9.17, 15) is 0 Å². The van der Waals surface area contributed by atoms with E-state index in [0.29, 0.717) is 6.04 Å². The number of nitrogens with one attached hydrogen (secondary N) is 1. The second-order valence-corrected chi connectivity index (χ2v) is 5.16. The summed E-state index contributed by atoms with van der Waals surface area (Å²) in [5.74, 6) is 0. The summed E-state index contributed by atoms with van der Waals surface area (Å²) < 4.78 is 1.18. The fourth-order valence-electron chi connectivity index (χ4n) is 1.70. The molecule has 0 aliphatic carbocycles. The second-order valence-electron chi connectivity index (χ2n) is 4.30. The largest absolute Gasteiger partial charge is 0.307 e. The van der Waals surface area contributed by atoms with Gasteiger partial charge in [0.25, 0.3) is 0 Å². The summed E-state index contributed by atoms with van der Waals surface area (Å²) in [6.07, 6.45) is 2.26. The predicted molar refractivity (Wildman–Crippen MR) is 74.7 cm³/mol. The Balaban J connectivity index is 3.05. The summed E-state index contributed by atoms with van der Waals surface area (Å²) in [4.78, 5) is 0. The fourth-order valence-corrected chi connectivity index (χ4v) is 2.44. The van der Waals surface area contributed by atoms with Crippen LogP contribution in [0.2, 0.25) is 0 Å². The van der Waals surface area contributed by atoms with Crippen LogP contribution in [0.4, 0.5) is 0 Å². The molecule has 1 N–H and O–H groups in total. The lowest BCUT2D eigenvalue weighted by atomic mass is 10.0. The minimum atomic E-state index is 0.296. The summed E-state index contributed by atoms with van der Waals surface area (Å²) in [6, 6.07) is 6.80. The molecule has 0 aliphatic heterocycles. The zero-order valence-electron chi connectivity index (χ0n) is 10.5. The number of benzene rings is 1. The highest BCUT2D eigenvalue weighted by Gasteiger charge is 2.10. The molecule has 0 spiro atoms. The Labute approximate surface area is 107 Å². The molecular weight excluding hydrogens is 262 g/mol. The number of likely N-dealkylation sites (N-methyl/N-ethyl adjacent to an activating group) is 1. The first-order valence-corrected chi connectivity index (χ1v) is 6.48. The van der Waals surface area contributed by atoms with Gasteiger partial charge in [-0.15, -0.1) is 0 Å². The molecule has 1 nitrogen and oxygen atoms in total.